The number of aromatic nitrogens is 2. The van der Waals surface area contributed by atoms with Crippen LogP contribution in [0.5, 0.6) is 0 Å². The summed E-state index contributed by atoms with van der Waals surface area (Å²) in [5, 5.41) is 9.00. The number of rotatable bonds is 4. The molecule has 0 fully saturated rings. The SMILES string of the molecule is Cc1nccn1CCN1C(=O)Cc2cc(C(=O)O)ccc21. The fraction of sp³-hybridized carbons (Fsp3) is 0.267. The van der Waals surface area contributed by atoms with Gasteiger partial charge in [-0.25, -0.2) is 9.78 Å². The Morgan fingerprint density at radius 3 is 2.86 bits per heavy atom. The zero-order chi connectivity index (χ0) is 15.0. The van der Waals surface area contributed by atoms with E-state index in [9.17, 15) is 9.59 Å². The molecule has 21 heavy (non-hydrogen) atoms. The Labute approximate surface area is 121 Å². The van der Waals surface area contributed by atoms with Crippen molar-refractivity contribution >= 4 is 17.6 Å². The summed E-state index contributed by atoms with van der Waals surface area (Å²) >= 11 is 0. The Bertz CT molecular complexity index is 721. The number of anilines is 1. The lowest BCUT2D eigenvalue weighted by Crippen LogP contribution is -2.30. The van der Waals surface area contributed by atoms with Crippen molar-refractivity contribution < 1.29 is 14.7 Å². The molecule has 1 aliphatic rings. The summed E-state index contributed by atoms with van der Waals surface area (Å²) in [5.41, 5.74) is 1.80. The second-order valence-corrected chi connectivity index (χ2v) is 5.04. The number of aromatic carboxylic acids is 1. The summed E-state index contributed by atoms with van der Waals surface area (Å²) in [5.74, 6) is -0.0638. The fourth-order valence-corrected chi connectivity index (χ4v) is 2.61. The second kappa shape index (κ2) is 5.05. The van der Waals surface area contributed by atoms with Crippen LogP contribution >= 0.6 is 0 Å². The molecule has 1 aliphatic heterocycles. The number of carbonyl (C=O) groups is 2. The van der Waals surface area contributed by atoms with Gasteiger partial charge >= 0.3 is 5.97 Å². The fourth-order valence-electron chi connectivity index (χ4n) is 2.61. The van der Waals surface area contributed by atoms with E-state index in [4.69, 9.17) is 5.11 Å². The highest BCUT2D eigenvalue weighted by molar-refractivity contribution is 6.02. The molecule has 2 aromatic rings. The number of fused-ring (bicyclic) bond motifs is 1. The molecule has 2 heterocycles. The number of benzene rings is 1. The molecule has 1 aromatic heterocycles. The molecule has 1 aromatic carbocycles. The van der Waals surface area contributed by atoms with Gasteiger partial charge in [0.15, 0.2) is 0 Å². The first-order valence-electron chi connectivity index (χ1n) is 6.70. The number of carbonyl (C=O) groups excluding carboxylic acids is 1. The molecule has 0 spiro atoms. The van der Waals surface area contributed by atoms with Gasteiger partial charge in [-0.15, -0.1) is 0 Å². The van der Waals surface area contributed by atoms with E-state index in [-0.39, 0.29) is 17.9 Å². The topological polar surface area (TPSA) is 75.4 Å². The van der Waals surface area contributed by atoms with Crippen LogP contribution < -0.4 is 4.90 Å². The van der Waals surface area contributed by atoms with E-state index in [0.717, 1.165) is 17.1 Å². The van der Waals surface area contributed by atoms with Gasteiger partial charge in [0.2, 0.25) is 5.91 Å². The lowest BCUT2D eigenvalue weighted by atomic mass is 10.1. The molecule has 6 heteroatoms. The van der Waals surface area contributed by atoms with E-state index in [1.165, 1.54) is 6.07 Å². The van der Waals surface area contributed by atoms with Gasteiger partial charge < -0.3 is 14.6 Å². The van der Waals surface area contributed by atoms with E-state index >= 15 is 0 Å². The Hall–Kier alpha value is -2.63. The maximum absolute atomic E-state index is 12.1. The third-order valence-electron chi connectivity index (χ3n) is 3.75. The number of nitrogens with zero attached hydrogens (tertiary/aromatic N) is 3. The number of hydrogen-bond donors (Lipinski definition) is 1. The number of carboxylic acids is 1. The molecular weight excluding hydrogens is 270 g/mol. The average molecular weight is 285 g/mol. The summed E-state index contributed by atoms with van der Waals surface area (Å²) in [6.07, 6.45) is 3.87. The van der Waals surface area contributed by atoms with Crippen LogP contribution in [0.2, 0.25) is 0 Å². The molecule has 0 radical (unpaired) electrons. The molecule has 108 valence electrons. The van der Waals surface area contributed by atoms with Gasteiger partial charge in [-0.1, -0.05) is 0 Å². The number of aryl methyl sites for hydroxylation is 1. The highest BCUT2D eigenvalue weighted by Gasteiger charge is 2.27. The smallest absolute Gasteiger partial charge is 0.335 e. The first kappa shape index (κ1) is 13.4. The van der Waals surface area contributed by atoms with Crippen LogP contribution in [0.3, 0.4) is 0 Å². The van der Waals surface area contributed by atoms with Gasteiger partial charge in [0, 0.05) is 31.2 Å². The minimum atomic E-state index is -0.974. The van der Waals surface area contributed by atoms with Gasteiger partial charge in [0.25, 0.3) is 0 Å². The van der Waals surface area contributed by atoms with Crippen LogP contribution in [0.15, 0.2) is 30.6 Å². The molecule has 1 N–H and O–H groups in total. The van der Waals surface area contributed by atoms with Crippen LogP contribution in [-0.2, 0) is 17.8 Å². The molecule has 3 rings (SSSR count). The number of carboxylic acid groups (broad SMARTS) is 1. The summed E-state index contributed by atoms with van der Waals surface area (Å²) in [4.78, 5) is 28.9. The third-order valence-corrected chi connectivity index (χ3v) is 3.75. The van der Waals surface area contributed by atoms with Crippen LogP contribution in [0.4, 0.5) is 5.69 Å². The highest BCUT2D eigenvalue weighted by Crippen LogP contribution is 2.29. The minimum absolute atomic E-state index is 0.00491. The number of imidazole rings is 1. The van der Waals surface area contributed by atoms with Crippen molar-refractivity contribution in [2.75, 3.05) is 11.4 Å². The maximum atomic E-state index is 12.1. The van der Waals surface area contributed by atoms with Crippen LogP contribution in [-0.4, -0.2) is 33.1 Å². The van der Waals surface area contributed by atoms with Crippen LogP contribution in [0, 0.1) is 6.92 Å². The largest absolute Gasteiger partial charge is 0.478 e. The van der Waals surface area contributed by atoms with Crippen molar-refractivity contribution in [3.63, 3.8) is 0 Å². The maximum Gasteiger partial charge on any atom is 0.335 e. The van der Waals surface area contributed by atoms with E-state index in [1.54, 1.807) is 23.2 Å². The lowest BCUT2D eigenvalue weighted by molar-refractivity contribution is -0.117. The Morgan fingerprint density at radius 1 is 1.38 bits per heavy atom. The van der Waals surface area contributed by atoms with Gasteiger partial charge in [0.1, 0.15) is 5.82 Å². The van der Waals surface area contributed by atoms with Crippen molar-refractivity contribution in [1.82, 2.24) is 9.55 Å². The quantitative estimate of drug-likeness (QED) is 0.923. The second-order valence-electron chi connectivity index (χ2n) is 5.04. The number of hydrogen-bond acceptors (Lipinski definition) is 3. The molecule has 0 aliphatic carbocycles. The molecule has 0 saturated carbocycles. The molecule has 1 amide bonds. The van der Waals surface area contributed by atoms with Crippen molar-refractivity contribution in [1.29, 1.82) is 0 Å². The normalized spacial score (nSPS) is 13.6. The molecule has 6 nitrogen and oxygen atoms in total. The predicted molar refractivity (Wildman–Crippen MR) is 76.4 cm³/mol. The summed E-state index contributed by atoms with van der Waals surface area (Å²) in [6, 6.07) is 4.83. The van der Waals surface area contributed by atoms with Gasteiger partial charge in [-0.05, 0) is 30.7 Å². The van der Waals surface area contributed by atoms with E-state index in [2.05, 4.69) is 4.98 Å². The summed E-state index contributed by atoms with van der Waals surface area (Å²) < 4.78 is 1.98. The lowest BCUT2D eigenvalue weighted by Gasteiger charge is -2.18. The molecule has 0 unspecified atom stereocenters. The summed E-state index contributed by atoms with van der Waals surface area (Å²) in [7, 11) is 0. The van der Waals surface area contributed by atoms with Crippen molar-refractivity contribution in [3.8, 4) is 0 Å². The molecule has 0 atom stereocenters. The molecule has 0 saturated heterocycles. The van der Waals surface area contributed by atoms with Crippen molar-refractivity contribution in [2.24, 2.45) is 0 Å². The Morgan fingerprint density at radius 2 is 2.19 bits per heavy atom. The van der Waals surface area contributed by atoms with E-state index in [0.29, 0.717) is 13.1 Å². The molecule has 0 bridgehead atoms. The highest BCUT2D eigenvalue weighted by atomic mass is 16.4. The molecular formula is C15H15N3O3. The average Bonchev–Trinajstić information content (AvgIpc) is 2.98. The zero-order valence-corrected chi connectivity index (χ0v) is 11.6. The van der Waals surface area contributed by atoms with Gasteiger partial charge in [-0.3, -0.25) is 4.79 Å². The van der Waals surface area contributed by atoms with Crippen LogP contribution in [0.25, 0.3) is 0 Å². The van der Waals surface area contributed by atoms with Crippen molar-refractivity contribution in [3.05, 3.63) is 47.5 Å². The predicted octanol–water partition coefficient (Wildman–Crippen LogP) is 1.48. The third kappa shape index (κ3) is 2.40. The van der Waals surface area contributed by atoms with Gasteiger partial charge in [0.05, 0.1) is 12.0 Å². The monoisotopic (exact) mass is 285 g/mol. The van der Waals surface area contributed by atoms with E-state index < -0.39 is 5.97 Å². The van der Waals surface area contributed by atoms with Crippen molar-refractivity contribution in [2.45, 2.75) is 19.9 Å². The minimum Gasteiger partial charge on any atom is -0.478 e. The van der Waals surface area contributed by atoms with E-state index in [1.807, 2.05) is 17.7 Å². The number of amides is 1. The standard InChI is InChI=1S/C15H15N3O3/c1-10-16-4-5-17(10)6-7-18-13-3-2-11(15(20)21)8-12(13)9-14(18)19/h2-5,8H,6-7,9H2,1H3,(H,20,21). The summed E-state index contributed by atoms with van der Waals surface area (Å²) in [6.45, 7) is 3.13. The first-order valence-corrected chi connectivity index (χ1v) is 6.70. The zero-order valence-electron chi connectivity index (χ0n) is 11.6. The van der Waals surface area contributed by atoms with Crippen LogP contribution in [0.1, 0.15) is 21.7 Å². The van der Waals surface area contributed by atoms with Gasteiger partial charge in [-0.2, -0.15) is 0 Å². The Balaban J connectivity index is 1.81. The Kier molecular flexibility index (Phi) is 3.21. The first-order chi connectivity index (χ1) is 10.1.